The molecule has 0 aliphatic heterocycles. The number of aryl methyl sites for hydroxylation is 1. The summed E-state index contributed by atoms with van der Waals surface area (Å²) in [6.45, 7) is 4.52. The van der Waals surface area contributed by atoms with Crippen molar-refractivity contribution < 1.29 is 0 Å². The van der Waals surface area contributed by atoms with Gasteiger partial charge in [-0.2, -0.15) is 0 Å². The summed E-state index contributed by atoms with van der Waals surface area (Å²) in [6, 6.07) is 8.80. The Morgan fingerprint density at radius 3 is 2.67 bits per heavy atom. The number of rotatable bonds is 2. The molecule has 0 nitrogen and oxygen atoms in total. The lowest BCUT2D eigenvalue weighted by Crippen LogP contribution is -1.86. The largest absolute Gasteiger partial charge is 0.0651 e. The van der Waals surface area contributed by atoms with Crippen LogP contribution in [0.3, 0.4) is 0 Å². The minimum Gasteiger partial charge on any atom is -0.0651 e. The highest BCUT2D eigenvalue weighted by Gasteiger charge is 2.36. The van der Waals surface area contributed by atoms with Gasteiger partial charge in [0.2, 0.25) is 0 Å². The van der Waals surface area contributed by atoms with E-state index in [9.17, 15) is 0 Å². The maximum absolute atomic E-state index is 2.29. The lowest BCUT2D eigenvalue weighted by atomic mass is 10.0. The van der Waals surface area contributed by atoms with Crippen LogP contribution in [0.2, 0.25) is 0 Å². The summed E-state index contributed by atoms with van der Waals surface area (Å²) in [5, 5.41) is 0. The number of hydrogen-bond acceptors (Lipinski definition) is 0. The van der Waals surface area contributed by atoms with Gasteiger partial charge in [-0.3, -0.25) is 0 Å². The Kier molecular flexibility index (Phi) is 1.92. The number of benzene rings is 1. The predicted octanol–water partition coefficient (Wildman–Crippen LogP) is 3.51. The Labute approximate surface area is 74.6 Å². The molecule has 0 heteroatoms. The monoisotopic (exact) mass is 160 g/mol. The van der Waals surface area contributed by atoms with Crippen LogP contribution in [0.25, 0.3) is 0 Å². The Morgan fingerprint density at radius 1 is 1.33 bits per heavy atom. The molecule has 2 unspecified atom stereocenters. The van der Waals surface area contributed by atoms with Gasteiger partial charge in [0.1, 0.15) is 0 Å². The highest BCUT2D eigenvalue weighted by molar-refractivity contribution is 5.33. The third-order valence-electron chi connectivity index (χ3n) is 3.03. The third kappa shape index (κ3) is 1.26. The van der Waals surface area contributed by atoms with Crippen molar-refractivity contribution >= 4 is 0 Å². The maximum atomic E-state index is 2.29. The standard InChI is InChI=1S/C12H16/c1-3-10-8-12(10)11-7-5-4-6-9(11)2/h4-7,10,12H,3,8H2,1-2H3. The second-order valence-corrected chi connectivity index (χ2v) is 3.87. The van der Waals surface area contributed by atoms with Crippen molar-refractivity contribution in [3.63, 3.8) is 0 Å². The summed E-state index contributed by atoms with van der Waals surface area (Å²) < 4.78 is 0. The van der Waals surface area contributed by atoms with Crippen molar-refractivity contribution in [1.29, 1.82) is 0 Å². The van der Waals surface area contributed by atoms with Crippen molar-refractivity contribution in [1.82, 2.24) is 0 Å². The summed E-state index contributed by atoms with van der Waals surface area (Å²) in [5.41, 5.74) is 3.06. The van der Waals surface area contributed by atoms with E-state index in [2.05, 4.69) is 38.1 Å². The van der Waals surface area contributed by atoms with Gasteiger partial charge in [0, 0.05) is 0 Å². The Bertz CT molecular complexity index is 275. The smallest absolute Gasteiger partial charge is 0.0128 e. The van der Waals surface area contributed by atoms with Crippen LogP contribution in [0, 0.1) is 12.8 Å². The predicted molar refractivity (Wildman–Crippen MR) is 52.3 cm³/mol. The lowest BCUT2D eigenvalue weighted by molar-refractivity contribution is 0.764. The quantitative estimate of drug-likeness (QED) is 0.621. The van der Waals surface area contributed by atoms with E-state index in [0.29, 0.717) is 0 Å². The van der Waals surface area contributed by atoms with Gasteiger partial charge in [0.25, 0.3) is 0 Å². The zero-order valence-corrected chi connectivity index (χ0v) is 7.88. The molecule has 1 fully saturated rings. The second kappa shape index (κ2) is 2.93. The molecule has 12 heavy (non-hydrogen) atoms. The van der Waals surface area contributed by atoms with Crippen LogP contribution >= 0.6 is 0 Å². The third-order valence-corrected chi connectivity index (χ3v) is 3.03. The molecular weight excluding hydrogens is 144 g/mol. The number of hydrogen-bond donors (Lipinski definition) is 0. The van der Waals surface area contributed by atoms with Gasteiger partial charge in [0.15, 0.2) is 0 Å². The van der Waals surface area contributed by atoms with Crippen molar-refractivity contribution in [2.24, 2.45) is 5.92 Å². The summed E-state index contributed by atoms with van der Waals surface area (Å²) >= 11 is 0. The minimum absolute atomic E-state index is 0.885. The maximum Gasteiger partial charge on any atom is -0.0128 e. The Morgan fingerprint density at radius 2 is 2.08 bits per heavy atom. The van der Waals surface area contributed by atoms with Crippen LogP contribution in [-0.4, -0.2) is 0 Å². The molecule has 0 N–H and O–H groups in total. The first kappa shape index (κ1) is 7.85. The van der Waals surface area contributed by atoms with E-state index in [1.54, 1.807) is 5.56 Å². The van der Waals surface area contributed by atoms with Gasteiger partial charge < -0.3 is 0 Å². The van der Waals surface area contributed by atoms with Crippen molar-refractivity contribution in [2.45, 2.75) is 32.6 Å². The molecule has 1 aliphatic carbocycles. The van der Waals surface area contributed by atoms with Crippen LogP contribution in [0.1, 0.15) is 36.8 Å². The summed E-state index contributed by atoms with van der Waals surface area (Å²) in [4.78, 5) is 0. The van der Waals surface area contributed by atoms with Gasteiger partial charge in [-0.05, 0) is 36.3 Å². The Hall–Kier alpha value is -0.780. The van der Waals surface area contributed by atoms with Crippen LogP contribution in [-0.2, 0) is 0 Å². The van der Waals surface area contributed by atoms with Crippen LogP contribution < -0.4 is 0 Å². The van der Waals surface area contributed by atoms with Crippen LogP contribution in [0.4, 0.5) is 0 Å². The molecule has 1 aliphatic rings. The van der Waals surface area contributed by atoms with Crippen molar-refractivity contribution in [3.05, 3.63) is 35.4 Å². The first-order valence-electron chi connectivity index (χ1n) is 4.88. The van der Waals surface area contributed by atoms with E-state index in [1.165, 1.54) is 18.4 Å². The van der Waals surface area contributed by atoms with Crippen molar-refractivity contribution in [2.75, 3.05) is 0 Å². The fourth-order valence-electron chi connectivity index (χ4n) is 2.08. The van der Waals surface area contributed by atoms with E-state index in [0.717, 1.165) is 11.8 Å². The van der Waals surface area contributed by atoms with E-state index in [4.69, 9.17) is 0 Å². The SMILES string of the molecule is CCC1CC1c1ccccc1C. The molecule has 1 aromatic carbocycles. The summed E-state index contributed by atoms with van der Waals surface area (Å²) in [6.07, 6.45) is 2.76. The average molecular weight is 160 g/mol. The van der Waals surface area contributed by atoms with Crippen LogP contribution in [0.15, 0.2) is 24.3 Å². The molecule has 2 atom stereocenters. The fourth-order valence-corrected chi connectivity index (χ4v) is 2.08. The molecular formula is C12H16. The molecule has 0 saturated heterocycles. The second-order valence-electron chi connectivity index (χ2n) is 3.87. The molecule has 2 rings (SSSR count). The van der Waals surface area contributed by atoms with Gasteiger partial charge in [-0.25, -0.2) is 0 Å². The highest BCUT2D eigenvalue weighted by Crippen LogP contribution is 2.50. The molecule has 0 heterocycles. The Balaban J connectivity index is 2.19. The first-order valence-corrected chi connectivity index (χ1v) is 4.88. The van der Waals surface area contributed by atoms with Crippen molar-refractivity contribution in [3.8, 4) is 0 Å². The molecule has 0 spiro atoms. The molecule has 0 amide bonds. The minimum atomic E-state index is 0.885. The topological polar surface area (TPSA) is 0 Å². The van der Waals surface area contributed by atoms with Gasteiger partial charge in [-0.1, -0.05) is 37.6 Å². The van der Waals surface area contributed by atoms with Crippen LogP contribution in [0.5, 0.6) is 0 Å². The summed E-state index contributed by atoms with van der Waals surface area (Å²) in [7, 11) is 0. The molecule has 0 radical (unpaired) electrons. The zero-order chi connectivity index (χ0) is 8.55. The van der Waals surface area contributed by atoms with E-state index < -0.39 is 0 Å². The molecule has 1 saturated carbocycles. The van der Waals surface area contributed by atoms with E-state index >= 15 is 0 Å². The first-order chi connectivity index (χ1) is 5.83. The van der Waals surface area contributed by atoms with Gasteiger partial charge >= 0.3 is 0 Å². The molecule has 0 bridgehead atoms. The van der Waals surface area contributed by atoms with E-state index in [1.807, 2.05) is 0 Å². The zero-order valence-electron chi connectivity index (χ0n) is 7.88. The van der Waals surface area contributed by atoms with E-state index in [-0.39, 0.29) is 0 Å². The summed E-state index contributed by atoms with van der Waals surface area (Å²) in [5.74, 6) is 1.86. The fraction of sp³-hybridized carbons (Fsp3) is 0.500. The average Bonchev–Trinajstić information content (AvgIpc) is 2.84. The highest BCUT2D eigenvalue weighted by atomic mass is 14.4. The normalized spacial score (nSPS) is 27.2. The molecule has 64 valence electrons. The van der Waals surface area contributed by atoms with Gasteiger partial charge in [0.05, 0.1) is 0 Å². The lowest BCUT2D eigenvalue weighted by Gasteiger charge is -2.02. The molecule has 0 aromatic heterocycles. The van der Waals surface area contributed by atoms with Gasteiger partial charge in [-0.15, -0.1) is 0 Å². The molecule has 1 aromatic rings.